The van der Waals surface area contributed by atoms with Gasteiger partial charge in [0.15, 0.2) is 3.92 Å². The predicted octanol–water partition coefficient (Wildman–Crippen LogP) is 6.10. The van der Waals surface area contributed by atoms with E-state index in [1.54, 1.807) is 22.7 Å². The van der Waals surface area contributed by atoms with Crippen molar-refractivity contribution < 1.29 is 0 Å². The van der Waals surface area contributed by atoms with Crippen LogP contribution in [0.2, 0.25) is 0 Å². The molecule has 0 amide bonds. The number of rotatable bonds is 3. The van der Waals surface area contributed by atoms with E-state index in [2.05, 4.69) is 50.2 Å². The van der Waals surface area contributed by atoms with E-state index in [-0.39, 0.29) is 0 Å². The summed E-state index contributed by atoms with van der Waals surface area (Å²) in [5, 5.41) is 9.41. The highest BCUT2D eigenvalue weighted by molar-refractivity contribution is 9.11. The van der Waals surface area contributed by atoms with Gasteiger partial charge in [0.05, 0.1) is 10.4 Å². The monoisotopic (exact) mass is 351 g/mol. The molecule has 3 rings (SSSR count). The number of halogens is 1. The lowest BCUT2D eigenvalue weighted by Gasteiger charge is -1.95. The molecule has 0 saturated carbocycles. The molecule has 6 heteroatoms. The van der Waals surface area contributed by atoms with E-state index < -0.39 is 0 Å². The number of nitrogens with zero attached hydrogens (tertiary/aromatic N) is 3. The van der Waals surface area contributed by atoms with E-state index in [0.29, 0.717) is 0 Å². The fourth-order valence-corrected chi connectivity index (χ4v) is 4.23. The molecule has 0 radical (unpaired) electrons. The van der Waals surface area contributed by atoms with E-state index in [1.165, 1.54) is 5.56 Å². The first-order valence-electron chi connectivity index (χ1n) is 5.81. The first-order valence-corrected chi connectivity index (χ1v) is 8.24. The van der Waals surface area contributed by atoms with Crippen LogP contribution in [-0.2, 0) is 6.42 Å². The molecule has 2 heterocycles. The number of benzene rings is 1. The van der Waals surface area contributed by atoms with E-state index in [9.17, 15) is 0 Å². The lowest BCUT2D eigenvalue weighted by atomic mass is 10.2. The maximum atomic E-state index is 4.36. The molecule has 0 saturated heterocycles. The van der Waals surface area contributed by atoms with Crippen molar-refractivity contribution in [2.24, 2.45) is 10.2 Å². The van der Waals surface area contributed by atoms with Crippen molar-refractivity contribution >= 4 is 58.8 Å². The quantitative estimate of drug-likeness (QED) is 0.525. The highest BCUT2D eigenvalue weighted by atomic mass is 79.9. The normalized spacial score (nSPS) is 11.7. The molecule has 0 bridgehead atoms. The van der Waals surface area contributed by atoms with Crippen LogP contribution in [0.15, 0.2) is 44.5 Å². The average molecular weight is 352 g/mol. The maximum Gasteiger partial charge on any atom is 0.161 e. The minimum atomic E-state index is 0.878. The van der Waals surface area contributed by atoms with Gasteiger partial charge in [0.1, 0.15) is 9.83 Å². The van der Waals surface area contributed by atoms with Crippen molar-refractivity contribution in [2.75, 3.05) is 0 Å². The van der Waals surface area contributed by atoms with Crippen LogP contribution in [0.4, 0.5) is 10.7 Å². The van der Waals surface area contributed by atoms with Crippen LogP contribution in [0.5, 0.6) is 0 Å². The van der Waals surface area contributed by atoms with Crippen LogP contribution in [-0.4, -0.2) is 4.98 Å². The molecule has 3 aromatic rings. The van der Waals surface area contributed by atoms with Gasteiger partial charge in [0, 0.05) is 0 Å². The summed E-state index contributed by atoms with van der Waals surface area (Å²) < 4.78 is 2.06. The first-order chi connectivity index (χ1) is 9.24. The molecule has 0 atom stereocenters. The highest BCUT2D eigenvalue weighted by Crippen LogP contribution is 2.37. The molecule has 2 aromatic heterocycles. The van der Waals surface area contributed by atoms with Crippen LogP contribution >= 0.6 is 38.6 Å². The molecular formula is C13H10BrN3S2. The van der Waals surface area contributed by atoms with E-state index in [1.807, 2.05) is 18.2 Å². The minimum absolute atomic E-state index is 0.878. The molecule has 96 valence electrons. The predicted molar refractivity (Wildman–Crippen MR) is 85.2 cm³/mol. The molecule has 0 unspecified atom stereocenters. The van der Waals surface area contributed by atoms with Gasteiger partial charge in [0.25, 0.3) is 0 Å². The van der Waals surface area contributed by atoms with Gasteiger partial charge >= 0.3 is 0 Å². The van der Waals surface area contributed by atoms with Crippen molar-refractivity contribution in [3.05, 3.63) is 39.8 Å². The van der Waals surface area contributed by atoms with Gasteiger partial charge in [-0.15, -0.1) is 21.6 Å². The lowest BCUT2D eigenvalue weighted by molar-refractivity contribution is 1.13. The van der Waals surface area contributed by atoms with Crippen LogP contribution < -0.4 is 0 Å². The van der Waals surface area contributed by atoms with Gasteiger partial charge in [-0.05, 0) is 46.1 Å². The summed E-state index contributed by atoms with van der Waals surface area (Å²) in [4.78, 5) is 5.37. The van der Waals surface area contributed by atoms with E-state index in [0.717, 1.165) is 30.6 Å². The summed E-state index contributed by atoms with van der Waals surface area (Å²) >= 11 is 6.55. The standard InChI is InChI=1S/C13H10BrN3S2/c1-2-8-3-5-9(6-4-8)16-17-11-7-10-12(19-11)15-13(14)18-10/h3-7H,2H2,1H3. The van der Waals surface area contributed by atoms with Gasteiger partial charge in [0.2, 0.25) is 0 Å². The van der Waals surface area contributed by atoms with Gasteiger partial charge in [-0.1, -0.05) is 30.4 Å². The van der Waals surface area contributed by atoms with Gasteiger partial charge in [-0.3, -0.25) is 0 Å². The molecule has 3 nitrogen and oxygen atoms in total. The maximum absolute atomic E-state index is 4.36. The first kappa shape index (κ1) is 12.9. The van der Waals surface area contributed by atoms with Crippen molar-refractivity contribution in [2.45, 2.75) is 13.3 Å². The topological polar surface area (TPSA) is 37.6 Å². The Labute approximate surface area is 127 Å². The van der Waals surface area contributed by atoms with Gasteiger partial charge in [-0.25, -0.2) is 4.98 Å². The van der Waals surface area contributed by atoms with E-state index >= 15 is 0 Å². The van der Waals surface area contributed by atoms with Gasteiger partial charge < -0.3 is 0 Å². The van der Waals surface area contributed by atoms with Crippen LogP contribution in [0.1, 0.15) is 12.5 Å². The van der Waals surface area contributed by atoms with E-state index in [4.69, 9.17) is 0 Å². The van der Waals surface area contributed by atoms with Crippen LogP contribution in [0.25, 0.3) is 9.53 Å². The molecule has 0 N–H and O–H groups in total. The fraction of sp³-hybridized carbons (Fsp3) is 0.154. The number of thiophene rings is 1. The molecule has 0 fully saturated rings. The Bertz CT molecular complexity index is 697. The molecule has 0 aliphatic carbocycles. The molecule has 0 aliphatic rings. The van der Waals surface area contributed by atoms with Crippen molar-refractivity contribution in [3.63, 3.8) is 0 Å². The van der Waals surface area contributed by atoms with Crippen molar-refractivity contribution in [1.29, 1.82) is 0 Å². The summed E-state index contributed by atoms with van der Waals surface area (Å²) in [5.41, 5.74) is 2.19. The van der Waals surface area contributed by atoms with Crippen LogP contribution in [0.3, 0.4) is 0 Å². The number of aryl methyl sites for hydroxylation is 1. The second-order valence-electron chi connectivity index (χ2n) is 3.94. The number of hydrogen-bond acceptors (Lipinski definition) is 5. The molecular weight excluding hydrogens is 342 g/mol. The third-order valence-electron chi connectivity index (χ3n) is 2.66. The summed E-state index contributed by atoms with van der Waals surface area (Å²) in [7, 11) is 0. The summed E-state index contributed by atoms with van der Waals surface area (Å²) in [6.45, 7) is 2.14. The summed E-state index contributed by atoms with van der Waals surface area (Å²) in [6, 6.07) is 10.2. The zero-order valence-electron chi connectivity index (χ0n) is 10.1. The van der Waals surface area contributed by atoms with Crippen molar-refractivity contribution in [1.82, 2.24) is 4.98 Å². The Hall–Kier alpha value is -1.11. The fourth-order valence-electron chi connectivity index (χ4n) is 1.65. The average Bonchev–Trinajstić information content (AvgIpc) is 2.93. The smallest absolute Gasteiger partial charge is 0.161 e. The summed E-state index contributed by atoms with van der Waals surface area (Å²) in [6.07, 6.45) is 1.04. The third-order valence-corrected chi connectivity index (χ3v) is 5.16. The Kier molecular flexibility index (Phi) is 3.72. The van der Waals surface area contributed by atoms with Crippen molar-refractivity contribution in [3.8, 4) is 0 Å². The Morgan fingerprint density at radius 1 is 1.16 bits per heavy atom. The second kappa shape index (κ2) is 5.48. The summed E-state index contributed by atoms with van der Waals surface area (Å²) in [5.74, 6) is 0. The number of fused-ring (bicyclic) bond motifs is 1. The molecule has 19 heavy (non-hydrogen) atoms. The Morgan fingerprint density at radius 3 is 2.63 bits per heavy atom. The largest absolute Gasteiger partial charge is 0.218 e. The molecule has 0 spiro atoms. The zero-order valence-corrected chi connectivity index (χ0v) is 13.3. The minimum Gasteiger partial charge on any atom is -0.218 e. The zero-order chi connectivity index (χ0) is 13.2. The number of azo groups is 1. The van der Waals surface area contributed by atoms with Crippen LogP contribution in [0, 0.1) is 0 Å². The Balaban J connectivity index is 1.82. The SMILES string of the molecule is CCc1ccc(N=Nc2cc3sc(Br)nc3s2)cc1. The van der Waals surface area contributed by atoms with Gasteiger partial charge in [-0.2, -0.15) is 0 Å². The lowest BCUT2D eigenvalue weighted by Crippen LogP contribution is -1.75. The third kappa shape index (κ3) is 2.91. The number of thiazole rings is 1. The number of aromatic nitrogens is 1. The molecule has 1 aromatic carbocycles. The highest BCUT2D eigenvalue weighted by Gasteiger charge is 2.06. The molecule has 0 aliphatic heterocycles. The Morgan fingerprint density at radius 2 is 1.95 bits per heavy atom. The second-order valence-corrected chi connectivity index (χ2v) is 7.26. The number of hydrogen-bond donors (Lipinski definition) is 0.